The van der Waals surface area contributed by atoms with Crippen LogP contribution in [0.1, 0.15) is 43.0 Å². The molecule has 1 aromatic heterocycles. The molecule has 2 aromatic carbocycles. The first-order valence-corrected chi connectivity index (χ1v) is 10.3. The number of nitrogens with zero attached hydrogens (tertiary/aromatic N) is 2. The maximum atomic E-state index is 11.5. The van der Waals surface area contributed by atoms with Crippen molar-refractivity contribution in [3.63, 3.8) is 0 Å². The second-order valence-corrected chi connectivity index (χ2v) is 7.39. The van der Waals surface area contributed by atoms with Gasteiger partial charge in [0.1, 0.15) is 15.8 Å². The van der Waals surface area contributed by atoms with E-state index in [0.29, 0.717) is 5.56 Å². The number of unbranched alkanes of at least 4 members (excludes halogenated alkanes) is 3. The van der Waals surface area contributed by atoms with Crippen molar-refractivity contribution in [1.29, 1.82) is 0 Å². The molecule has 0 aliphatic carbocycles. The second-order valence-electron chi connectivity index (χ2n) is 6.41. The summed E-state index contributed by atoms with van der Waals surface area (Å²) in [6.07, 6.45) is 4.79. The Morgan fingerprint density at radius 1 is 0.893 bits per heavy atom. The molecule has 5 nitrogen and oxygen atoms in total. The standard InChI is InChI=1S/C22H24N2O3S/c1-3-4-5-6-15-27-19-13-11-17(12-14-19)21-24-23-20(28-21)16-7-9-18(10-8-16)22(25)26-2/h7-14H,3-6,15H2,1-2H3. The molecular formula is C22H24N2O3S. The maximum absolute atomic E-state index is 11.5. The minimum absolute atomic E-state index is 0.350. The maximum Gasteiger partial charge on any atom is 0.337 e. The average Bonchev–Trinajstić information content (AvgIpc) is 3.24. The van der Waals surface area contributed by atoms with Gasteiger partial charge in [-0.3, -0.25) is 0 Å². The van der Waals surface area contributed by atoms with E-state index in [1.165, 1.54) is 37.7 Å². The van der Waals surface area contributed by atoms with Gasteiger partial charge in [0.25, 0.3) is 0 Å². The molecule has 1 heterocycles. The predicted octanol–water partition coefficient (Wildman–Crippen LogP) is 5.62. The highest BCUT2D eigenvalue weighted by molar-refractivity contribution is 7.17. The van der Waals surface area contributed by atoms with Crippen LogP contribution in [0.3, 0.4) is 0 Å². The molecule has 28 heavy (non-hydrogen) atoms. The van der Waals surface area contributed by atoms with Gasteiger partial charge in [-0.25, -0.2) is 4.79 Å². The SMILES string of the molecule is CCCCCCOc1ccc(-c2nnc(-c3ccc(C(=O)OC)cc3)s2)cc1. The Kier molecular flexibility index (Phi) is 7.14. The fraction of sp³-hybridized carbons (Fsp3) is 0.318. The van der Waals surface area contributed by atoms with Gasteiger partial charge in [0.05, 0.1) is 19.3 Å². The highest BCUT2D eigenvalue weighted by Gasteiger charge is 2.10. The van der Waals surface area contributed by atoms with Crippen LogP contribution < -0.4 is 4.74 Å². The number of hydrogen-bond acceptors (Lipinski definition) is 6. The summed E-state index contributed by atoms with van der Waals surface area (Å²) in [5.74, 6) is 0.528. The Labute approximate surface area is 169 Å². The van der Waals surface area contributed by atoms with Crippen LogP contribution in [0.4, 0.5) is 0 Å². The van der Waals surface area contributed by atoms with Gasteiger partial charge in [0.15, 0.2) is 0 Å². The smallest absolute Gasteiger partial charge is 0.337 e. The first kappa shape index (κ1) is 20.0. The van der Waals surface area contributed by atoms with Crippen LogP contribution >= 0.6 is 11.3 Å². The second kappa shape index (κ2) is 9.99. The van der Waals surface area contributed by atoms with Crippen LogP contribution in [0.15, 0.2) is 48.5 Å². The minimum atomic E-state index is -0.350. The summed E-state index contributed by atoms with van der Waals surface area (Å²) in [5.41, 5.74) is 2.44. The zero-order valence-electron chi connectivity index (χ0n) is 16.2. The third-order valence-corrected chi connectivity index (χ3v) is 5.37. The zero-order valence-corrected chi connectivity index (χ0v) is 17.0. The number of carbonyl (C=O) groups excluding carboxylic acids is 1. The molecule has 0 saturated heterocycles. The molecule has 0 radical (unpaired) electrons. The number of esters is 1. The number of rotatable bonds is 9. The molecule has 0 spiro atoms. The Hall–Kier alpha value is -2.73. The lowest BCUT2D eigenvalue weighted by molar-refractivity contribution is 0.0601. The number of benzene rings is 2. The molecule has 3 rings (SSSR count). The van der Waals surface area contributed by atoms with Gasteiger partial charge in [0, 0.05) is 11.1 Å². The molecule has 0 saturated carbocycles. The quantitative estimate of drug-likeness (QED) is 0.347. The molecule has 3 aromatic rings. The predicted molar refractivity (Wildman–Crippen MR) is 112 cm³/mol. The number of ether oxygens (including phenoxy) is 2. The van der Waals surface area contributed by atoms with Gasteiger partial charge in [-0.05, 0) is 42.8 Å². The van der Waals surface area contributed by atoms with Crippen LogP contribution in [-0.4, -0.2) is 29.9 Å². The van der Waals surface area contributed by atoms with Crippen molar-refractivity contribution in [3.05, 3.63) is 54.1 Å². The summed E-state index contributed by atoms with van der Waals surface area (Å²) < 4.78 is 10.5. The van der Waals surface area contributed by atoms with E-state index in [2.05, 4.69) is 17.1 Å². The van der Waals surface area contributed by atoms with E-state index in [9.17, 15) is 4.79 Å². The van der Waals surface area contributed by atoms with E-state index in [4.69, 9.17) is 9.47 Å². The summed E-state index contributed by atoms with van der Waals surface area (Å²) in [6.45, 7) is 2.96. The lowest BCUT2D eigenvalue weighted by atomic mass is 10.1. The third-order valence-electron chi connectivity index (χ3n) is 4.35. The van der Waals surface area contributed by atoms with Gasteiger partial charge >= 0.3 is 5.97 Å². The lowest BCUT2D eigenvalue weighted by Gasteiger charge is -2.06. The zero-order chi connectivity index (χ0) is 19.8. The summed E-state index contributed by atoms with van der Waals surface area (Å²) in [4.78, 5) is 11.5. The van der Waals surface area contributed by atoms with Crippen molar-refractivity contribution in [3.8, 4) is 26.9 Å². The van der Waals surface area contributed by atoms with Crippen LogP contribution in [0.5, 0.6) is 5.75 Å². The Morgan fingerprint density at radius 3 is 2.07 bits per heavy atom. The topological polar surface area (TPSA) is 61.3 Å². The van der Waals surface area contributed by atoms with Crippen molar-refractivity contribution in [1.82, 2.24) is 10.2 Å². The number of methoxy groups -OCH3 is 1. The van der Waals surface area contributed by atoms with Crippen LogP contribution in [0.25, 0.3) is 21.1 Å². The highest BCUT2D eigenvalue weighted by atomic mass is 32.1. The molecule has 0 fully saturated rings. The Balaban J connectivity index is 1.62. The van der Waals surface area contributed by atoms with Gasteiger partial charge in [-0.2, -0.15) is 0 Å². The molecule has 146 valence electrons. The fourth-order valence-electron chi connectivity index (χ4n) is 2.74. The summed E-state index contributed by atoms with van der Waals surface area (Å²) in [5, 5.41) is 10.2. The lowest BCUT2D eigenvalue weighted by Crippen LogP contribution is -2.00. The van der Waals surface area contributed by atoms with Gasteiger partial charge < -0.3 is 9.47 Å². The van der Waals surface area contributed by atoms with Crippen molar-refractivity contribution >= 4 is 17.3 Å². The molecule has 0 atom stereocenters. The highest BCUT2D eigenvalue weighted by Crippen LogP contribution is 2.31. The molecule has 0 amide bonds. The van der Waals surface area contributed by atoms with Crippen molar-refractivity contribution in [2.24, 2.45) is 0 Å². The van der Waals surface area contributed by atoms with Crippen molar-refractivity contribution in [2.75, 3.05) is 13.7 Å². The van der Waals surface area contributed by atoms with E-state index in [1.54, 1.807) is 12.1 Å². The third kappa shape index (κ3) is 5.16. The molecule has 0 bridgehead atoms. The summed E-state index contributed by atoms with van der Waals surface area (Å²) >= 11 is 1.51. The first-order valence-electron chi connectivity index (χ1n) is 9.46. The van der Waals surface area contributed by atoms with E-state index in [1.807, 2.05) is 36.4 Å². The van der Waals surface area contributed by atoms with Gasteiger partial charge in [-0.15, -0.1) is 10.2 Å². The molecule has 0 unspecified atom stereocenters. The first-order chi connectivity index (χ1) is 13.7. The number of hydrogen-bond donors (Lipinski definition) is 0. The molecule has 6 heteroatoms. The van der Waals surface area contributed by atoms with E-state index in [0.717, 1.165) is 39.9 Å². The largest absolute Gasteiger partial charge is 0.494 e. The number of aromatic nitrogens is 2. The van der Waals surface area contributed by atoms with Crippen LogP contribution in [-0.2, 0) is 4.74 Å². The monoisotopic (exact) mass is 396 g/mol. The summed E-state index contributed by atoms with van der Waals surface area (Å²) in [6, 6.07) is 15.1. The van der Waals surface area contributed by atoms with E-state index in [-0.39, 0.29) is 5.97 Å². The molecule has 0 aliphatic rings. The van der Waals surface area contributed by atoms with Gasteiger partial charge in [0.2, 0.25) is 0 Å². The molecule has 0 N–H and O–H groups in total. The van der Waals surface area contributed by atoms with Crippen LogP contribution in [0.2, 0.25) is 0 Å². The minimum Gasteiger partial charge on any atom is -0.494 e. The summed E-state index contributed by atoms with van der Waals surface area (Å²) in [7, 11) is 1.37. The van der Waals surface area contributed by atoms with Crippen LogP contribution in [0, 0.1) is 0 Å². The van der Waals surface area contributed by atoms with Gasteiger partial charge in [-0.1, -0.05) is 49.7 Å². The molecule has 0 aliphatic heterocycles. The normalized spacial score (nSPS) is 10.6. The Bertz CT molecular complexity index is 889. The average molecular weight is 397 g/mol. The number of carbonyl (C=O) groups is 1. The van der Waals surface area contributed by atoms with E-state index < -0.39 is 0 Å². The molecular weight excluding hydrogens is 372 g/mol. The van der Waals surface area contributed by atoms with Crippen molar-refractivity contribution in [2.45, 2.75) is 32.6 Å². The van der Waals surface area contributed by atoms with Crippen molar-refractivity contribution < 1.29 is 14.3 Å². The van der Waals surface area contributed by atoms with E-state index >= 15 is 0 Å². The fourth-order valence-corrected chi connectivity index (χ4v) is 3.59. The Morgan fingerprint density at radius 2 is 1.50 bits per heavy atom.